The van der Waals surface area contributed by atoms with E-state index in [0.29, 0.717) is 17.8 Å². The van der Waals surface area contributed by atoms with E-state index in [1.54, 1.807) is 14.0 Å². The summed E-state index contributed by atoms with van der Waals surface area (Å²) in [5, 5.41) is 2.93. The van der Waals surface area contributed by atoms with Gasteiger partial charge in [0, 0.05) is 19.3 Å². The fraction of sp³-hybridized carbons (Fsp3) is 0.474. The molecule has 2 rings (SSSR count). The molecule has 136 valence electrons. The van der Waals surface area contributed by atoms with Gasteiger partial charge in [0.15, 0.2) is 0 Å². The lowest BCUT2D eigenvalue weighted by Gasteiger charge is -2.36. The summed E-state index contributed by atoms with van der Waals surface area (Å²) in [4.78, 5) is 28.8. The largest absolute Gasteiger partial charge is 0.463 e. The van der Waals surface area contributed by atoms with E-state index in [1.807, 2.05) is 45.2 Å². The maximum absolute atomic E-state index is 12.7. The Kier molecular flexibility index (Phi) is 6.20. The number of hydrogen-bond acceptors (Lipinski definition) is 4. The Balaban J connectivity index is 2.58. The first-order valence-electron chi connectivity index (χ1n) is 8.58. The highest BCUT2D eigenvalue weighted by molar-refractivity contribution is 5.95. The van der Waals surface area contributed by atoms with Gasteiger partial charge in [-0.05, 0) is 33.0 Å². The summed E-state index contributed by atoms with van der Waals surface area (Å²) in [6.07, 6.45) is 0. The molecule has 0 aliphatic carbocycles. The molecule has 1 heterocycles. The number of carbonyl (C=O) groups is 2. The maximum Gasteiger partial charge on any atom is 0.338 e. The average Bonchev–Trinajstić information content (AvgIpc) is 2.58. The molecule has 6 heteroatoms. The number of esters is 1. The third kappa shape index (κ3) is 4.20. The number of ether oxygens (including phenoxy) is 1. The predicted octanol–water partition coefficient (Wildman–Crippen LogP) is 2.46. The number of urea groups is 1. The molecule has 1 aromatic rings. The standard InChI is InChI=1S/C19H27N3O3/c1-6-21(4)12-15-16(18(23)25-7-2)17(20-19(24)22(15)5)14-10-8-9-13(3)11-14/h8-11,17H,6-7,12H2,1-5H3,(H,20,24). The molecule has 0 spiro atoms. The molecule has 2 amide bonds. The summed E-state index contributed by atoms with van der Waals surface area (Å²) in [6, 6.07) is 7.08. The molecule has 0 fully saturated rings. The van der Waals surface area contributed by atoms with Crippen molar-refractivity contribution in [3.63, 3.8) is 0 Å². The minimum absolute atomic E-state index is 0.223. The van der Waals surface area contributed by atoms with Crippen LogP contribution in [0, 0.1) is 6.92 Å². The second kappa shape index (κ2) is 8.16. The summed E-state index contributed by atoms with van der Waals surface area (Å²) in [6.45, 7) is 7.40. The van der Waals surface area contributed by atoms with Gasteiger partial charge in [-0.2, -0.15) is 0 Å². The van der Waals surface area contributed by atoms with Crippen molar-refractivity contribution < 1.29 is 14.3 Å². The highest BCUT2D eigenvalue weighted by Gasteiger charge is 2.36. The van der Waals surface area contributed by atoms with Gasteiger partial charge in [0.05, 0.1) is 18.2 Å². The molecule has 1 N–H and O–H groups in total. The van der Waals surface area contributed by atoms with E-state index in [1.165, 1.54) is 4.90 Å². The van der Waals surface area contributed by atoms with Gasteiger partial charge < -0.3 is 15.0 Å². The van der Waals surface area contributed by atoms with Crippen LogP contribution in [0.2, 0.25) is 0 Å². The average molecular weight is 345 g/mol. The van der Waals surface area contributed by atoms with Crippen molar-refractivity contribution in [2.24, 2.45) is 0 Å². The van der Waals surface area contributed by atoms with Crippen LogP contribution < -0.4 is 5.32 Å². The summed E-state index contributed by atoms with van der Waals surface area (Å²) in [5.41, 5.74) is 3.12. The lowest BCUT2D eigenvalue weighted by molar-refractivity contribution is -0.139. The molecule has 0 aromatic heterocycles. The van der Waals surface area contributed by atoms with Crippen LogP contribution in [0.4, 0.5) is 4.79 Å². The third-order valence-corrected chi connectivity index (χ3v) is 4.41. The van der Waals surface area contributed by atoms with Gasteiger partial charge in [-0.3, -0.25) is 4.90 Å². The molecule has 0 bridgehead atoms. The van der Waals surface area contributed by atoms with Gasteiger partial charge in [-0.1, -0.05) is 36.8 Å². The van der Waals surface area contributed by atoms with Crippen molar-refractivity contribution in [2.45, 2.75) is 26.8 Å². The summed E-state index contributed by atoms with van der Waals surface area (Å²) in [7, 11) is 3.64. The zero-order valence-corrected chi connectivity index (χ0v) is 15.6. The number of hydrogen-bond donors (Lipinski definition) is 1. The van der Waals surface area contributed by atoms with Crippen LogP contribution >= 0.6 is 0 Å². The van der Waals surface area contributed by atoms with Crippen LogP contribution in [0.5, 0.6) is 0 Å². The van der Waals surface area contributed by atoms with Gasteiger partial charge >= 0.3 is 12.0 Å². The number of nitrogens with one attached hydrogen (secondary N) is 1. The molecule has 0 saturated carbocycles. The topological polar surface area (TPSA) is 61.9 Å². The molecule has 1 aliphatic heterocycles. The van der Waals surface area contributed by atoms with Crippen LogP contribution in [0.1, 0.15) is 31.0 Å². The molecular formula is C19H27N3O3. The first-order valence-corrected chi connectivity index (χ1v) is 8.58. The van der Waals surface area contributed by atoms with Gasteiger partial charge in [0.1, 0.15) is 0 Å². The molecule has 25 heavy (non-hydrogen) atoms. The Morgan fingerprint density at radius 1 is 1.36 bits per heavy atom. The first kappa shape index (κ1) is 19.0. The van der Waals surface area contributed by atoms with Crippen LogP contribution in [0.15, 0.2) is 35.5 Å². The Morgan fingerprint density at radius 3 is 2.68 bits per heavy atom. The highest BCUT2D eigenvalue weighted by atomic mass is 16.5. The fourth-order valence-electron chi connectivity index (χ4n) is 2.87. The quantitative estimate of drug-likeness (QED) is 0.805. The Bertz CT molecular complexity index is 684. The Labute approximate surface area is 149 Å². The lowest BCUT2D eigenvalue weighted by Crippen LogP contribution is -2.49. The first-order chi connectivity index (χ1) is 11.9. The van der Waals surface area contributed by atoms with Crippen LogP contribution in [-0.2, 0) is 9.53 Å². The summed E-state index contributed by atoms with van der Waals surface area (Å²) < 4.78 is 5.30. The minimum Gasteiger partial charge on any atom is -0.463 e. The molecule has 1 aromatic carbocycles. The van der Waals surface area contributed by atoms with E-state index in [-0.39, 0.29) is 18.6 Å². The van der Waals surface area contributed by atoms with Crippen molar-refractivity contribution in [2.75, 3.05) is 33.8 Å². The summed E-state index contributed by atoms with van der Waals surface area (Å²) >= 11 is 0. The van der Waals surface area contributed by atoms with E-state index >= 15 is 0 Å². The zero-order chi connectivity index (χ0) is 18.6. The van der Waals surface area contributed by atoms with E-state index in [0.717, 1.165) is 17.7 Å². The Morgan fingerprint density at radius 2 is 2.08 bits per heavy atom. The molecule has 1 aliphatic rings. The summed E-state index contributed by atoms with van der Waals surface area (Å²) in [5.74, 6) is -0.389. The van der Waals surface area contributed by atoms with Gasteiger partial charge in [-0.25, -0.2) is 9.59 Å². The smallest absolute Gasteiger partial charge is 0.338 e. The van der Waals surface area contributed by atoms with Gasteiger partial charge in [-0.15, -0.1) is 0 Å². The van der Waals surface area contributed by atoms with Crippen LogP contribution in [0.25, 0.3) is 0 Å². The van der Waals surface area contributed by atoms with E-state index in [4.69, 9.17) is 4.74 Å². The normalized spacial score (nSPS) is 17.8. The number of nitrogens with zero attached hydrogens (tertiary/aromatic N) is 2. The van der Waals surface area contributed by atoms with Crippen molar-refractivity contribution in [1.29, 1.82) is 0 Å². The van der Waals surface area contributed by atoms with Crippen molar-refractivity contribution in [3.05, 3.63) is 46.7 Å². The van der Waals surface area contributed by atoms with Gasteiger partial charge in [0.2, 0.25) is 0 Å². The molecule has 6 nitrogen and oxygen atoms in total. The van der Waals surface area contributed by atoms with Crippen molar-refractivity contribution in [3.8, 4) is 0 Å². The second-order valence-electron chi connectivity index (χ2n) is 6.27. The second-order valence-corrected chi connectivity index (χ2v) is 6.27. The molecule has 0 saturated heterocycles. The van der Waals surface area contributed by atoms with Crippen molar-refractivity contribution in [1.82, 2.24) is 15.1 Å². The Hall–Kier alpha value is -2.34. The molecule has 1 atom stereocenters. The van der Waals surface area contributed by atoms with Crippen LogP contribution in [0.3, 0.4) is 0 Å². The SMILES string of the molecule is CCOC(=O)C1=C(CN(C)CC)N(C)C(=O)NC1c1cccc(C)c1. The number of amides is 2. The van der Waals surface area contributed by atoms with Gasteiger partial charge in [0.25, 0.3) is 0 Å². The molecule has 0 radical (unpaired) electrons. The molecule has 1 unspecified atom stereocenters. The highest BCUT2D eigenvalue weighted by Crippen LogP contribution is 2.31. The monoisotopic (exact) mass is 345 g/mol. The van der Waals surface area contributed by atoms with E-state index in [2.05, 4.69) is 10.2 Å². The van der Waals surface area contributed by atoms with E-state index < -0.39 is 6.04 Å². The number of carbonyl (C=O) groups excluding carboxylic acids is 2. The predicted molar refractivity (Wildman–Crippen MR) is 97.0 cm³/mol. The lowest BCUT2D eigenvalue weighted by atomic mass is 9.93. The third-order valence-electron chi connectivity index (χ3n) is 4.41. The number of aryl methyl sites for hydroxylation is 1. The van der Waals surface area contributed by atoms with Crippen molar-refractivity contribution >= 4 is 12.0 Å². The number of likely N-dealkylation sites (N-methyl/N-ethyl adjacent to an activating group) is 2. The zero-order valence-electron chi connectivity index (χ0n) is 15.6. The van der Waals surface area contributed by atoms with Crippen LogP contribution in [-0.4, -0.2) is 55.6 Å². The fourth-order valence-corrected chi connectivity index (χ4v) is 2.87. The maximum atomic E-state index is 12.7. The molecular weight excluding hydrogens is 318 g/mol. The van der Waals surface area contributed by atoms with E-state index in [9.17, 15) is 9.59 Å². The number of benzene rings is 1. The number of rotatable bonds is 6. The minimum atomic E-state index is -0.511.